The second-order valence-corrected chi connectivity index (χ2v) is 7.40. The number of carbonyl (C=O) groups excluding carboxylic acids is 1. The van der Waals surface area contributed by atoms with Gasteiger partial charge in [0.05, 0.1) is 0 Å². The lowest BCUT2D eigenvalue weighted by atomic mass is 9.78. The molecule has 0 unspecified atom stereocenters. The van der Waals surface area contributed by atoms with Crippen molar-refractivity contribution in [1.29, 1.82) is 0 Å². The highest BCUT2D eigenvalue weighted by molar-refractivity contribution is 5.95. The summed E-state index contributed by atoms with van der Waals surface area (Å²) in [5.41, 5.74) is 11.5. The summed E-state index contributed by atoms with van der Waals surface area (Å²) in [5.74, 6) is 0.949. The van der Waals surface area contributed by atoms with Crippen LogP contribution in [0.5, 0.6) is 0 Å². The Kier molecular flexibility index (Phi) is 5.57. The van der Waals surface area contributed by atoms with Gasteiger partial charge < -0.3 is 15.8 Å². The van der Waals surface area contributed by atoms with Crippen molar-refractivity contribution in [3.63, 3.8) is 0 Å². The Labute approximate surface area is 145 Å². The number of nitrogens with one attached hydrogen (secondary N) is 1. The third-order valence-corrected chi connectivity index (χ3v) is 5.90. The maximum Gasteiger partial charge on any atom is 0.248 e. The minimum Gasteiger partial charge on any atom is -0.381 e. The van der Waals surface area contributed by atoms with E-state index in [-0.39, 0.29) is 5.91 Å². The molecule has 0 radical (unpaired) electrons. The topological polar surface area (TPSA) is 64.4 Å². The molecule has 0 bridgehead atoms. The molecular weight excluding hydrogens is 300 g/mol. The maximum atomic E-state index is 11.9. The van der Waals surface area contributed by atoms with E-state index in [0.717, 1.165) is 51.1 Å². The van der Waals surface area contributed by atoms with Gasteiger partial charge in [0.1, 0.15) is 0 Å². The first-order valence-electron chi connectivity index (χ1n) is 9.29. The van der Waals surface area contributed by atoms with Crippen molar-refractivity contribution in [3.8, 4) is 0 Å². The molecule has 1 aromatic carbocycles. The average molecular weight is 330 g/mol. The molecule has 2 saturated heterocycles. The fourth-order valence-corrected chi connectivity index (χ4v) is 4.37. The van der Waals surface area contributed by atoms with Crippen molar-refractivity contribution in [2.45, 2.75) is 51.9 Å². The molecule has 2 heterocycles. The van der Waals surface area contributed by atoms with E-state index in [9.17, 15) is 4.79 Å². The van der Waals surface area contributed by atoms with Crippen molar-refractivity contribution >= 4 is 5.91 Å². The van der Waals surface area contributed by atoms with E-state index in [1.165, 1.54) is 29.5 Å². The molecular formula is C20H30N2O2. The Morgan fingerprint density at radius 3 is 2.46 bits per heavy atom. The van der Waals surface area contributed by atoms with E-state index in [0.29, 0.717) is 17.4 Å². The zero-order valence-corrected chi connectivity index (χ0v) is 15.0. The number of benzene rings is 1. The van der Waals surface area contributed by atoms with Gasteiger partial charge in [-0.05, 0) is 99.2 Å². The summed E-state index contributed by atoms with van der Waals surface area (Å²) in [5, 5.41) is 3.46. The Morgan fingerprint density at radius 2 is 1.83 bits per heavy atom. The van der Waals surface area contributed by atoms with Crippen molar-refractivity contribution in [2.24, 2.45) is 11.7 Å². The monoisotopic (exact) mass is 330 g/mol. The maximum absolute atomic E-state index is 11.9. The highest BCUT2D eigenvalue weighted by Crippen LogP contribution is 2.36. The lowest BCUT2D eigenvalue weighted by Crippen LogP contribution is -2.28. The van der Waals surface area contributed by atoms with Crippen LogP contribution in [0.2, 0.25) is 0 Å². The second-order valence-electron chi connectivity index (χ2n) is 7.40. The number of piperidine rings is 1. The third-order valence-electron chi connectivity index (χ3n) is 5.90. The normalized spacial score (nSPS) is 20.2. The molecule has 1 amide bonds. The van der Waals surface area contributed by atoms with Crippen molar-refractivity contribution in [1.82, 2.24) is 5.32 Å². The smallest absolute Gasteiger partial charge is 0.248 e. The predicted molar refractivity (Wildman–Crippen MR) is 96.5 cm³/mol. The minimum absolute atomic E-state index is 0.305. The molecule has 3 rings (SSSR count). The van der Waals surface area contributed by atoms with Gasteiger partial charge in [-0.25, -0.2) is 0 Å². The van der Waals surface area contributed by atoms with Crippen molar-refractivity contribution < 1.29 is 9.53 Å². The highest BCUT2D eigenvalue weighted by atomic mass is 16.5. The van der Waals surface area contributed by atoms with Gasteiger partial charge in [-0.2, -0.15) is 0 Å². The van der Waals surface area contributed by atoms with E-state index >= 15 is 0 Å². The van der Waals surface area contributed by atoms with Crippen LogP contribution in [0.1, 0.15) is 64.2 Å². The van der Waals surface area contributed by atoms with E-state index in [4.69, 9.17) is 10.5 Å². The van der Waals surface area contributed by atoms with Gasteiger partial charge >= 0.3 is 0 Å². The van der Waals surface area contributed by atoms with Crippen LogP contribution >= 0.6 is 0 Å². The number of carbonyl (C=O) groups is 1. The predicted octanol–water partition coefficient (Wildman–Crippen LogP) is 2.84. The number of hydrogen-bond donors (Lipinski definition) is 2. The first-order valence-corrected chi connectivity index (χ1v) is 9.29. The van der Waals surface area contributed by atoms with Gasteiger partial charge in [0.25, 0.3) is 0 Å². The summed E-state index contributed by atoms with van der Waals surface area (Å²) in [6.45, 7) is 8.10. The lowest BCUT2D eigenvalue weighted by molar-refractivity contribution is 0.0664. The standard InChI is InChI=1S/C20H30N2O2/c1-13-14(2)19(16-3-7-22-8-4-16)17(12-18(13)20(21)23)11-15-5-9-24-10-6-15/h12,15-16,22H,3-11H2,1-2H3,(H2,21,23). The number of hydrogen-bond acceptors (Lipinski definition) is 3. The van der Waals surface area contributed by atoms with E-state index in [2.05, 4.69) is 18.3 Å². The van der Waals surface area contributed by atoms with Gasteiger partial charge in [-0.3, -0.25) is 4.79 Å². The minimum atomic E-state index is -0.305. The summed E-state index contributed by atoms with van der Waals surface area (Å²) in [6, 6.07) is 2.09. The molecule has 1 aromatic rings. The Bertz CT molecular complexity index is 600. The molecule has 2 fully saturated rings. The average Bonchev–Trinajstić information content (AvgIpc) is 2.59. The Morgan fingerprint density at radius 1 is 1.17 bits per heavy atom. The molecule has 24 heavy (non-hydrogen) atoms. The summed E-state index contributed by atoms with van der Waals surface area (Å²) in [7, 11) is 0. The molecule has 0 aromatic heterocycles. The van der Waals surface area contributed by atoms with Crippen LogP contribution in [0.4, 0.5) is 0 Å². The van der Waals surface area contributed by atoms with E-state index < -0.39 is 0 Å². The summed E-state index contributed by atoms with van der Waals surface area (Å²) >= 11 is 0. The molecule has 2 aliphatic heterocycles. The Hall–Kier alpha value is -1.39. The SMILES string of the molecule is Cc1c(C(N)=O)cc(CC2CCOCC2)c(C2CCNCC2)c1C. The van der Waals surface area contributed by atoms with Crippen LogP contribution in [0.25, 0.3) is 0 Å². The molecule has 0 spiro atoms. The first kappa shape index (κ1) is 17.4. The molecule has 4 nitrogen and oxygen atoms in total. The molecule has 0 aliphatic carbocycles. The fraction of sp³-hybridized carbons (Fsp3) is 0.650. The number of nitrogens with two attached hydrogens (primary N) is 1. The third kappa shape index (κ3) is 3.65. The zero-order valence-electron chi connectivity index (χ0n) is 15.0. The zero-order chi connectivity index (χ0) is 17.1. The van der Waals surface area contributed by atoms with Gasteiger partial charge in [0, 0.05) is 18.8 Å². The molecule has 4 heteroatoms. The summed E-state index contributed by atoms with van der Waals surface area (Å²) < 4.78 is 5.51. The van der Waals surface area contributed by atoms with Gasteiger partial charge in [-0.1, -0.05) is 0 Å². The molecule has 132 valence electrons. The number of amides is 1. The Balaban J connectivity index is 1.99. The van der Waals surface area contributed by atoms with Crippen molar-refractivity contribution in [3.05, 3.63) is 33.9 Å². The van der Waals surface area contributed by atoms with Gasteiger partial charge in [-0.15, -0.1) is 0 Å². The van der Waals surface area contributed by atoms with E-state index in [1.807, 2.05) is 6.92 Å². The molecule has 2 aliphatic rings. The fourth-order valence-electron chi connectivity index (χ4n) is 4.37. The van der Waals surface area contributed by atoms with Crippen LogP contribution in [-0.4, -0.2) is 32.2 Å². The molecule has 0 atom stereocenters. The first-order chi connectivity index (χ1) is 11.6. The number of rotatable bonds is 4. The largest absolute Gasteiger partial charge is 0.381 e. The summed E-state index contributed by atoms with van der Waals surface area (Å²) in [4.78, 5) is 11.9. The van der Waals surface area contributed by atoms with E-state index in [1.54, 1.807) is 0 Å². The van der Waals surface area contributed by atoms with Crippen LogP contribution in [-0.2, 0) is 11.2 Å². The van der Waals surface area contributed by atoms with Crippen LogP contribution in [0.15, 0.2) is 6.07 Å². The quantitative estimate of drug-likeness (QED) is 0.892. The number of primary amides is 1. The lowest BCUT2D eigenvalue weighted by Gasteiger charge is -2.30. The van der Waals surface area contributed by atoms with Crippen LogP contribution in [0.3, 0.4) is 0 Å². The number of ether oxygens (including phenoxy) is 1. The van der Waals surface area contributed by atoms with Gasteiger partial charge in [0.2, 0.25) is 5.91 Å². The second kappa shape index (κ2) is 7.66. The highest BCUT2D eigenvalue weighted by Gasteiger charge is 2.25. The molecule has 3 N–H and O–H groups in total. The molecule has 0 saturated carbocycles. The van der Waals surface area contributed by atoms with Crippen LogP contribution in [0, 0.1) is 19.8 Å². The summed E-state index contributed by atoms with van der Waals surface area (Å²) in [6.07, 6.45) is 5.63. The van der Waals surface area contributed by atoms with Gasteiger partial charge in [0.15, 0.2) is 0 Å². The van der Waals surface area contributed by atoms with Crippen molar-refractivity contribution in [2.75, 3.05) is 26.3 Å². The van der Waals surface area contributed by atoms with Crippen LogP contribution < -0.4 is 11.1 Å².